The molecule has 0 fully saturated rings. The maximum absolute atomic E-state index is 13.9. The van der Waals surface area contributed by atoms with Gasteiger partial charge in [0.05, 0.1) is 0 Å². The van der Waals surface area contributed by atoms with E-state index in [9.17, 15) is 4.39 Å². The molecule has 20 heavy (non-hydrogen) atoms. The molecule has 0 bridgehead atoms. The van der Waals surface area contributed by atoms with E-state index in [2.05, 4.69) is 30.4 Å². The second-order valence-corrected chi connectivity index (χ2v) is 5.25. The van der Waals surface area contributed by atoms with E-state index in [0.29, 0.717) is 17.0 Å². The molecule has 0 saturated heterocycles. The molecule has 2 rings (SSSR count). The summed E-state index contributed by atoms with van der Waals surface area (Å²) >= 11 is 6.11. The zero-order valence-corrected chi connectivity index (χ0v) is 12.5. The van der Waals surface area contributed by atoms with Crippen LogP contribution in [0.3, 0.4) is 0 Å². The quantitative estimate of drug-likeness (QED) is 0.852. The Morgan fingerprint density at radius 2 is 1.95 bits per heavy atom. The minimum absolute atomic E-state index is 0.0518. The first kappa shape index (κ1) is 15.0. The van der Waals surface area contributed by atoms with E-state index in [0.717, 1.165) is 12.0 Å². The van der Waals surface area contributed by atoms with Gasteiger partial charge >= 0.3 is 0 Å². The average Bonchev–Trinajstić information content (AvgIpc) is 2.47. The van der Waals surface area contributed by atoms with Gasteiger partial charge in [0.15, 0.2) is 0 Å². The zero-order chi connectivity index (χ0) is 14.5. The molecule has 2 aromatic carbocycles. The van der Waals surface area contributed by atoms with Gasteiger partial charge in [-0.3, -0.25) is 0 Å². The van der Waals surface area contributed by atoms with Crippen molar-refractivity contribution in [3.8, 4) is 0 Å². The van der Waals surface area contributed by atoms with E-state index in [1.54, 1.807) is 12.1 Å². The normalized spacial score (nSPS) is 12.4. The van der Waals surface area contributed by atoms with Crippen LogP contribution in [0, 0.1) is 5.82 Å². The third-order valence-corrected chi connectivity index (χ3v) is 3.93. The van der Waals surface area contributed by atoms with Crippen LogP contribution in [0.1, 0.15) is 29.7 Å². The molecule has 0 aliphatic rings. The van der Waals surface area contributed by atoms with Gasteiger partial charge in [0.1, 0.15) is 5.82 Å². The van der Waals surface area contributed by atoms with Crippen LogP contribution in [-0.2, 0) is 12.8 Å². The van der Waals surface area contributed by atoms with E-state index >= 15 is 0 Å². The van der Waals surface area contributed by atoms with Gasteiger partial charge in [-0.05, 0) is 43.1 Å². The van der Waals surface area contributed by atoms with Crippen LogP contribution in [0.4, 0.5) is 4.39 Å². The molecule has 0 aromatic heterocycles. The van der Waals surface area contributed by atoms with Crippen molar-refractivity contribution < 1.29 is 4.39 Å². The predicted octanol–water partition coefficient (Wildman–Crippen LogP) is 4.54. The first-order chi connectivity index (χ1) is 9.65. The summed E-state index contributed by atoms with van der Waals surface area (Å²) in [4.78, 5) is 0. The Morgan fingerprint density at radius 3 is 2.60 bits per heavy atom. The number of hydrogen-bond acceptors (Lipinski definition) is 1. The average molecular weight is 292 g/mol. The lowest BCUT2D eigenvalue weighted by molar-refractivity contribution is 0.554. The molecule has 106 valence electrons. The Kier molecular flexibility index (Phi) is 5.16. The Labute approximate surface area is 124 Å². The summed E-state index contributed by atoms with van der Waals surface area (Å²) in [6.45, 7) is 2.13. The molecule has 0 aliphatic heterocycles. The molecule has 0 radical (unpaired) electrons. The van der Waals surface area contributed by atoms with Crippen LogP contribution in [0.5, 0.6) is 0 Å². The molecular weight excluding hydrogens is 273 g/mol. The molecule has 3 heteroatoms. The Morgan fingerprint density at radius 1 is 1.20 bits per heavy atom. The molecule has 0 saturated carbocycles. The molecule has 0 spiro atoms. The minimum Gasteiger partial charge on any atom is -0.313 e. The summed E-state index contributed by atoms with van der Waals surface area (Å²) in [5.41, 5.74) is 3.00. The fourth-order valence-electron chi connectivity index (χ4n) is 2.35. The fraction of sp³-hybridized carbons (Fsp3) is 0.294. The van der Waals surface area contributed by atoms with Gasteiger partial charge in [0, 0.05) is 16.6 Å². The van der Waals surface area contributed by atoms with Gasteiger partial charge < -0.3 is 5.32 Å². The topological polar surface area (TPSA) is 12.0 Å². The van der Waals surface area contributed by atoms with Crippen molar-refractivity contribution in [2.45, 2.75) is 25.8 Å². The molecule has 0 heterocycles. The van der Waals surface area contributed by atoms with Gasteiger partial charge in [-0.2, -0.15) is 0 Å². The molecule has 1 N–H and O–H groups in total. The SMILES string of the molecule is CCc1cccc(C(Cc2c(F)cccc2Cl)NC)c1. The maximum Gasteiger partial charge on any atom is 0.127 e. The molecular formula is C17H19ClFN. The number of nitrogens with one attached hydrogen (secondary N) is 1. The molecule has 0 amide bonds. The number of rotatable bonds is 5. The maximum atomic E-state index is 13.9. The molecule has 0 aliphatic carbocycles. The third kappa shape index (κ3) is 3.38. The van der Waals surface area contributed by atoms with Crippen molar-refractivity contribution in [2.75, 3.05) is 7.05 Å². The third-order valence-electron chi connectivity index (χ3n) is 3.58. The summed E-state index contributed by atoms with van der Waals surface area (Å²) in [6, 6.07) is 13.2. The Balaban J connectivity index is 2.29. The second kappa shape index (κ2) is 6.87. The molecule has 1 unspecified atom stereocenters. The summed E-state index contributed by atoms with van der Waals surface area (Å²) in [5.74, 6) is -0.246. The van der Waals surface area contributed by atoms with Crippen molar-refractivity contribution in [1.29, 1.82) is 0 Å². The lowest BCUT2D eigenvalue weighted by Crippen LogP contribution is -2.19. The lowest BCUT2D eigenvalue weighted by Gasteiger charge is -2.18. The van der Waals surface area contributed by atoms with Crippen LogP contribution in [0.25, 0.3) is 0 Å². The Bertz CT molecular complexity index is 563. The molecule has 2 aromatic rings. The zero-order valence-electron chi connectivity index (χ0n) is 11.8. The standard InChI is InChI=1S/C17H19ClFN/c1-3-12-6-4-7-13(10-12)17(20-2)11-14-15(18)8-5-9-16(14)19/h4-10,17,20H,3,11H2,1-2H3. The highest BCUT2D eigenvalue weighted by Gasteiger charge is 2.15. The fourth-order valence-corrected chi connectivity index (χ4v) is 2.59. The number of likely N-dealkylation sites (N-methyl/N-ethyl adjacent to an activating group) is 1. The highest BCUT2D eigenvalue weighted by atomic mass is 35.5. The van der Waals surface area contributed by atoms with Crippen molar-refractivity contribution in [3.05, 3.63) is 70.0 Å². The monoisotopic (exact) mass is 291 g/mol. The molecule has 1 nitrogen and oxygen atoms in total. The highest BCUT2D eigenvalue weighted by Crippen LogP contribution is 2.26. The van der Waals surface area contributed by atoms with Crippen LogP contribution < -0.4 is 5.32 Å². The van der Waals surface area contributed by atoms with Gasteiger partial charge in [-0.25, -0.2) is 4.39 Å². The summed E-state index contributed by atoms with van der Waals surface area (Å²) in [5, 5.41) is 3.73. The highest BCUT2D eigenvalue weighted by molar-refractivity contribution is 6.31. The predicted molar refractivity (Wildman–Crippen MR) is 82.7 cm³/mol. The van der Waals surface area contributed by atoms with E-state index < -0.39 is 0 Å². The summed E-state index contributed by atoms with van der Waals surface area (Å²) in [7, 11) is 1.89. The van der Waals surface area contributed by atoms with Gasteiger partial charge in [0.2, 0.25) is 0 Å². The van der Waals surface area contributed by atoms with Crippen LogP contribution in [0.15, 0.2) is 42.5 Å². The molecule has 1 atom stereocenters. The summed E-state index contributed by atoms with van der Waals surface area (Å²) < 4.78 is 13.9. The van der Waals surface area contributed by atoms with Crippen LogP contribution in [0.2, 0.25) is 5.02 Å². The lowest BCUT2D eigenvalue weighted by atomic mass is 9.96. The van der Waals surface area contributed by atoms with E-state index in [-0.39, 0.29) is 11.9 Å². The number of benzene rings is 2. The van der Waals surface area contributed by atoms with Gasteiger partial charge in [-0.15, -0.1) is 0 Å². The first-order valence-electron chi connectivity index (χ1n) is 6.84. The first-order valence-corrected chi connectivity index (χ1v) is 7.22. The largest absolute Gasteiger partial charge is 0.313 e. The van der Waals surface area contributed by atoms with Gasteiger partial charge in [0.25, 0.3) is 0 Å². The number of hydrogen-bond donors (Lipinski definition) is 1. The van der Waals surface area contributed by atoms with Crippen LogP contribution >= 0.6 is 11.6 Å². The van der Waals surface area contributed by atoms with Crippen molar-refractivity contribution in [1.82, 2.24) is 5.32 Å². The number of aryl methyl sites for hydroxylation is 1. The van der Waals surface area contributed by atoms with Crippen LogP contribution in [-0.4, -0.2) is 7.05 Å². The second-order valence-electron chi connectivity index (χ2n) is 4.84. The van der Waals surface area contributed by atoms with Crippen molar-refractivity contribution >= 4 is 11.6 Å². The van der Waals surface area contributed by atoms with E-state index in [1.807, 2.05) is 13.1 Å². The number of halogens is 2. The van der Waals surface area contributed by atoms with Gasteiger partial charge in [-0.1, -0.05) is 48.9 Å². The van der Waals surface area contributed by atoms with Crippen molar-refractivity contribution in [3.63, 3.8) is 0 Å². The smallest absolute Gasteiger partial charge is 0.127 e. The Hall–Kier alpha value is -1.38. The minimum atomic E-state index is -0.246. The van der Waals surface area contributed by atoms with Crippen molar-refractivity contribution in [2.24, 2.45) is 0 Å². The van der Waals surface area contributed by atoms with E-state index in [1.165, 1.54) is 11.6 Å². The summed E-state index contributed by atoms with van der Waals surface area (Å²) in [6.07, 6.45) is 1.53. The van der Waals surface area contributed by atoms with E-state index in [4.69, 9.17) is 11.6 Å².